The number of aliphatic carboxylic acids is 1. The highest BCUT2D eigenvalue weighted by Crippen LogP contribution is 2.35. The normalized spacial score (nSPS) is 19.8. The van der Waals surface area contributed by atoms with Gasteiger partial charge in [-0.1, -0.05) is 15.9 Å². The maximum atomic E-state index is 12.9. The summed E-state index contributed by atoms with van der Waals surface area (Å²) in [4.78, 5) is 37.6. The summed E-state index contributed by atoms with van der Waals surface area (Å²) in [5, 5.41) is 13.7. The molecule has 9 heteroatoms. The van der Waals surface area contributed by atoms with Crippen molar-refractivity contribution in [3.8, 4) is 0 Å². The van der Waals surface area contributed by atoms with Gasteiger partial charge in [-0.05, 0) is 49.4 Å². The van der Waals surface area contributed by atoms with Crippen molar-refractivity contribution >= 4 is 44.6 Å². The minimum absolute atomic E-state index is 0.0650. The monoisotopic (exact) mass is 490 g/mol. The number of carboxylic acids is 1. The number of carbonyl (C=O) groups is 3. The van der Waals surface area contributed by atoms with Crippen molar-refractivity contribution in [2.45, 2.75) is 44.7 Å². The van der Waals surface area contributed by atoms with Crippen LogP contribution in [0.3, 0.4) is 0 Å². The molecule has 31 heavy (non-hydrogen) atoms. The second kappa shape index (κ2) is 9.00. The molecule has 1 fully saturated rings. The van der Waals surface area contributed by atoms with Gasteiger partial charge in [-0.2, -0.15) is 0 Å². The molecule has 0 bridgehead atoms. The Morgan fingerprint density at radius 2 is 1.90 bits per heavy atom. The summed E-state index contributed by atoms with van der Waals surface area (Å²) in [6.45, 7) is 1.87. The maximum absolute atomic E-state index is 12.9. The van der Waals surface area contributed by atoms with Crippen molar-refractivity contribution in [3.05, 3.63) is 33.9 Å². The molecule has 4 N–H and O–H groups in total. The lowest BCUT2D eigenvalue weighted by atomic mass is 9.87. The number of nitrogens with two attached hydrogens (primary N) is 1. The van der Waals surface area contributed by atoms with Gasteiger partial charge in [-0.15, -0.1) is 0 Å². The number of nitrogens with zero attached hydrogens (tertiary/aromatic N) is 2. The quantitative estimate of drug-likeness (QED) is 0.568. The summed E-state index contributed by atoms with van der Waals surface area (Å²) in [6, 6.07) is 6.06. The van der Waals surface area contributed by atoms with E-state index in [1.54, 1.807) is 0 Å². The van der Waals surface area contributed by atoms with E-state index in [2.05, 4.69) is 27.3 Å². The van der Waals surface area contributed by atoms with Crippen LogP contribution in [0.25, 0.3) is 10.9 Å². The third-order valence-corrected chi connectivity index (χ3v) is 6.91. The summed E-state index contributed by atoms with van der Waals surface area (Å²) in [5.41, 5.74) is 8.33. The number of likely N-dealkylation sites (tertiary alicyclic amines) is 1. The zero-order chi connectivity index (χ0) is 22.1. The van der Waals surface area contributed by atoms with Gasteiger partial charge in [0, 0.05) is 46.6 Å². The van der Waals surface area contributed by atoms with Crippen LogP contribution in [0, 0.1) is 5.92 Å². The van der Waals surface area contributed by atoms with Crippen LogP contribution in [0.5, 0.6) is 0 Å². The van der Waals surface area contributed by atoms with E-state index in [0.29, 0.717) is 19.3 Å². The fraction of sp³-hybridized carbons (Fsp3) is 0.500. The Morgan fingerprint density at radius 3 is 2.58 bits per heavy atom. The number of carboxylic acid groups (broad SMARTS) is 1. The molecular weight excluding hydrogens is 464 g/mol. The van der Waals surface area contributed by atoms with E-state index >= 15 is 0 Å². The number of aromatic nitrogens is 1. The van der Waals surface area contributed by atoms with E-state index < -0.39 is 11.9 Å². The second-order valence-corrected chi connectivity index (χ2v) is 9.45. The smallest absolute Gasteiger partial charge is 0.306 e. The van der Waals surface area contributed by atoms with Crippen LogP contribution in [-0.4, -0.2) is 58.0 Å². The average molecular weight is 491 g/mol. The molecule has 2 heterocycles. The first-order valence-electron chi connectivity index (χ1n) is 10.6. The van der Waals surface area contributed by atoms with E-state index in [-0.39, 0.29) is 30.9 Å². The first-order chi connectivity index (χ1) is 14.8. The highest BCUT2D eigenvalue weighted by Gasteiger charge is 2.30. The predicted molar refractivity (Wildman–Crippen MR) is 120 cm³/mol. The summed E-state index contributed by atoms with van der Waals surface area (Å²) in [6.07, 6.45) is 3.31. The number of rotatable bonds is 6. The average Bonchev–Trinajstić information content (AvgIpc) is 3.01. The van der Waals surface area contributed by atoms with Crippen LogP contribution in [0.2, 0.25) is 0 Å². The van der Waals surface area contributed by atoms with Crippen LogP contribution in [0.15, 0.2) is 22.7 Å². The number of carbonyl (C=O) groups excluding carboxylic acids is 2. The van der Waals surface area contributed by atoms with Crippen molar-refractivity contribution < 1.29 is 19.5 Å². The number of benzene rings is 1. The molecule has 0 spiro atoms. The first kappa shape index (κ1) is 21.8. The van der Waals surface area contributed by atoms with Crippen molar-refractivity contribution in [1.29, 1.82) is 0 Å². The molecule has 2 aliphatic rings. The molecule has 1 saturated heterocycles. The number of primary amides is 1. The van der Waals surface area contributed by atoms with Crippen molar-refractivity contribution in [2.75, 3.05) is 19.6 Å². The van der Waals surface area contributed by atoms with Gasteiger partial charge in [-0.25, -0.2) is 0 Å². The summed E-state index contributed by atoms with van der Waals surface area (Å²) >= 11 is 3.53. The molecule has 1 aliphatic carbocycles. The van der Waals surface area contributed by atoms with Crippen LogP contribution in [-0.2, 0) is 33.8 Å². The zero-order valence-corrected chi connectivity index (χ0v) is 18.9. The highest BCUT2D eigenvalue weighted by molar-refractivity contribution is 9.10. The number of hydrogen-bond donors (Lipinski definition) is 3. The number of aryl methyl sites for hydroxylation is 1. The van der Waals surface area contributed by atoms with Gasteiger partial charge in [0.15, 0.2) is 0 Å². The summed E-state index contributed by atoms with van der Waals surface area (Å²) < 4.78 is 2.96. The van der Waals surface area contributed by atoms with Crippen LogP contribution in [0.4, 0.5) is 0 Å². The Labute approximate surface area is 188 Å². The van der Waals surface area contributed by atoms with Gasteiger partial charge < -0.3 is 20.7 Å². The minimum atomic E-state index is -0.782. The molecule has 0 saturated carbocycles. The molecule has 0 radical (unpaired) electrons. The fourth-order valence-corrected chi connectivity index (χ4v) is 5.24. The van der Waals surface area contributed by atoms with Crippen LogP contribution < -0.4 is 11.1 Å². The van der Waals surface area contributed by atoms with Crippen LogP contribution in [0.1, 0.15) is 30.5 Å². The molecule has 4 rings (SSSR count). The van der Waals surface area contributed by atoms with E-state index in [1.165, 1.54) is 0 Å². The Morgan fingerprint density at radius 1 is 1.16 bits per heavy atom. The van der Waals surface area contributed by atoms with Gasteiger partial charge in [-0.3, -0.25) is 19.3 Å². The number of amides is 2. The van der Waals surface area contributed by atoms with E-state index in [1.807, 2.05) is 21.6 Å². The van der Waals surface area contributed by atoms with Gasteiger partial charge in [0.25, 0.3) is 0 Å². The Balaban J connectivity index is 1.50. The molecule has 166 valence electrons. The molecule has 2 amide bonds. The lowest BCUT2D eigenvalue weighted by Gasteiger charge is -2.31. The molecule has 1 aromatic heterocycles. The molecule has 1 aromatic carbocycles. The first-order valence-corrected chi connectivity index (χ1v) is 11.4. The van der Waals surface area contributed by atoms with Crippen molar-refractivity contribution in [2.24, 2.45) is 11.7 Å². The molecular formula is C22H27BrN4O4. The van der Waals surface area contributed by atoms with E-state index in [4.69, 9.17) is 5.73 Å². The van der Waals surface area contributed by atoms with Gasteiger partial charge in [0.2, 0.25) is 11.8 Å². The Bertz CT molecular complexity index is 1030. The number of hydrogen-bond acceptors (Lipinski definition) is 4. The molecule has 2 aromatic rings. The Kier molecular flexibility index (Phi) is 6.34. The lowest BCUT2D eigenvalue weighted by molar-refractivity contribution is -0.142. The zero-order valence-electron chi connectivity index (χ0n) is 17.3. The van der Waals surface area contributed by atoms with Gasteiger partial charge >= 0.3 is 5.97 Å². The third kappa shape index (κ3) is 4.77. The number of nitrogens with one attached hydrogen (secondary N) is 1. The second-order valence-electron chi connectivity index (χ2n) is 8.54. The Hall–Kier alpha value is -2.39. The number of halogens is 1. The number of piperidine rings is 1. The van der Waals surface area contributed by atoms with Gasteiger partial charge in [0.05, 0.1) is 12.5 Å². The van der Waals surface area contributed by atoms with Crippen molar-refractivity contribution in [1.82, 2.24) is 14.8 Å². The predicted octanol–water partition coefficient (Wildman–Crippen LogP) is 1.66. The molecule has 1 atom stereocenters. The van der Waals surface area contributed by atoms with Crippen LogP contribution >= 0.6 is 15.9 Å². The standard InChI is InChI=1S/C22H27BrN4O4/c23-14-2-4-18-17(10-14)16-3-1-13(22(30)31)9-19(16)27(18)12-21(29)25-15-5-7-26(8-6-15)11-20(24)28/h2,4,10,13,15H,1,3,5-9,11-12H2,(H2,24,28)(H,25,29)(H,30,31)/t13-/m1/s1. The minimum Gasteiger partial charge on any atom is -0.481 e. The molecule has 1 aliphatic heterocycles. The maximum Gasteiger partial charge on any atom is 0.306 e. The molecule has 0 unspecified atom stereocenters. The fourth-order valence-electron chi connectivity index (χ4n) is 4.88. The van der Waals surface area contributed by atoms with E-state index in [9.17, 15) is 19.5 Å². The van der Waals surface area contributed by atoms with E-state index in [0.717, 1.165) is 52.6 Å². The summed E-state index contributed by atoms with van der Waals surface area (Å²) in [7, 11) is 0. The SMILES string of the molecule is NC(=O)CN1CCC(NC(=O)Cn2c3c(c4cc(Br)ccc42)CC[C@@H](C(=O)O)C3)CC1. The van der Waals surface area contributed by atoms with Crippen molar-refractivity contribution in [3.63, 3.8) is 0 Å². The lowest BCUT2D eigenvalue weighted by Crippen LogP contribution is -2.47. The largest absolute Gasteiger partial charge is 0.481 e. The summed E-state index contributed by atoms with van der Waals surface area (Å²) in [5.74, 6) is -1.61. The van der Waals surface area contributed by atoms with Gasteiger partial charge in [0.1, 0.15) is 6.54 Å². The molecule has 8 nitrogen and oxygen atoms in total. The topological polar surface area (TPSA) is 118 Å². The highest BCUT2D eigenvalue weighted by atomic mass is 79.9. The third-order valence-electron chi connectivity index (χ3n) is 6.41. The number of fused-ring (bicyclic) bond motifs is 3.